The molecule has 0 unspecified atom stereocenters. The van der Waals surface area contributed by atoms with Gasteiger partial charge in [-0.3, -0.25) is 4.79 Å². The fraction of sp³-hybridized carbons (Fsp3) is 0.500. The average molecular weight is 233 g/mol. The predicted molar refractivity (Wildman–Crippen MR) is 66.8 cm³/mol. The van der Waals surface area contributed by atoms with Crippen LogP contribution in [-0.4, -0.2) is 38.1 Å². The van der Waals surface area contributed by atoms with Gasteiger partial charge in [0.2, 0.25) is 0 Å². The molecule has 1 saturated heterocycles. The number of ether oxygens (including phenoxy) is 1. The van der Waals surface area contributed by atoms with Crippen molar-refractivity contribution in [2.24, 2.45) is 5.92 Å². The standard InChI is InChI=1S/C14H19NO2/c1-15-9-8-12(11-6-4-3-5-7-11)13(10-15)14(16)17-2/h3-7,12-13H,8-10H2,1-2H3/t12-,13-/m0/s1. The maximum Gasteiger partial charge on any atom is 0.310 e. The SMILES string of the molecule is COC(=O)[C@H]1CN(C)CC[C@H]1c1ccccc1. The average Bonchev–Trinajstić information content (AvgIpc) is 2.38. The van der Waals surface area contributed by atoms with Crippen LogP contribution in [-0.2, 0) is 9.53 Å². The number of carbonyl (C=O) groups excluding carboxylic acids is 1. The third-order valence-electron chi connectivity index (χ3n) is 3.55. The smallest absolute Gasteiger partial charge is 0.310 e. The largest absolute Gasteiger partial charge is 0.469 e. The van der Waals surface area contributed by atoms with Crippen LogP contribution in [0.25, 0.3) is 0 Å². The molecule has 1 heterocycles. The van der Waals surface area contributed by atoms with E-state index in [1.807, 2.05) is 18.2 Å². The van der Waals surface area contributed by atoms with Gasteiger partial charge in [-0.15, -0.1) is 0 Å². The summed E-state index contributed by atoms with van der Waals surface area (Å²) in [5.74, 6) is 0.159. The van der Waals surface area contributed by atoms with Gasteiger partial charge < -0.3 is 9.64 Å². The Labute approximate surface area is 102 Å². The van der Waals surface area contributed by atoms with Crippen molar-refractivity contribution in [3.05, 3.63) is 35.9 Å². The Hall–Kier alpha value is -1.35. The minimum absolute atomic E-state index is 0.0406. The van der Waals surface area contributed by atoms with Gasteiger partial charge in [0, 0.05) is 6.54 Å². The van der Waals surface area contributed by atoms with E-state index in [1.54, 1.807) is 0 Å². The normalized spacial score (nSPS) is 25.5. The summed E-state index contributed by atoms with van der Waals surface area (Å²) >= 11 is 0. The van der Waals surface area contributed by atoms with Gasteiger partial charge >= 0.3 is 5.97 Å². The highest BCUT2D eigenvalue weighted by atomic mass is 16.5. The molecule has 3 heteroatoms. The second-order valence-electron chi connectivity index (χ2n) is 4.70. The maximum atomic E-state index is 11.8. The van der Waals surface area contributed by atoms with E-state index in [2.05, 4.69) is 24.1 Å². The van der Waals surface area contributed by atoms with E-state index in [4.69, 9.17) is 4.74 Å². The van der Waals surface area contributed by atoms with Crippen LogP contribution in [0.5, 0.6) is 0 Å². The van der Waals surface area contributed by atoms with Crippen molar-refractivity contribution in [1.29, 1.82) is 0 Å². The van der Waals surface area contributed by atoms with Gasteiger partial charge in [0.05, 0.1) is 13.0 Å². The summed E-state index contributed by atoms with van der Waals surface area (Å²) in [4.78, 5) is 14.0. The molecule has 0 saturated carbocycles. The van der Waals surface area contributed by atoms with Crippen LogP contribution in [0.15, 0.2) is 30.3 Å². The number of rotatable bonds is 2. The van der Waals surface area contributed by atoms with Crippen molar-refractivity contribution in [2.45, 2.75) is 12.3 Å². The Morgan fingerprint density at radius 3 is 2.71 bits per heavy atom. The summed E-state index contributed by atoms with van der Waals surface area (Å²) in [5, 5.41) is 0. The Bertz CT molecular complexity index is 377. The summed E-state index contributed by atoms with van der Waals surface area (Å²) in [7, 11) is 3.52. The van der Waals surface area contributed by atoms with E-state index in [-0.39, 0.29) is 11.9 Å². The number of esters is 1. The third kappa shape index (κ3) is 2.67. The first-order chi connectivity index (χ1) is 8.22. The van der Waals surface area contributed by atoms with Gasteiger partial charge in [-0.05, 0) is 31.5 Å². The van der Waals surface area contributed by atoms with Crippen LogP contribution in [0.1, 0.15) is 17.9 Å². The lowest BCUT2D eigenvalue weighted by Crippen LogP contribution is -2.41. The van der Waals surface area contributed by atoms with Gasteiger partial charge in [0.1, 0.15) is 0 Å². The highest BCUT2D eigenvalue weighted by Gasteiger charge is 2.34. The molecule has 1 fully saturated rings. The van der Waals surface area contributed by atoms with E-state index in [0.717, 1.165) is 19.5 Å². The van der Waals surface area contributed by atoms with Crippen molar-refractivity contribution in [1.82, 2.24) is 4.90 Å². The summed E-state index contributed by atoms with van der Waals surface area (Å²) < 4.78 is 4.92. The molecule has 1 aromatic rings. The zero-order valence-corrected chi connectivity index (χ0v) is 10.4. The van der Waals surface area contributed by atoms with Crippen LogP contribution in [0, 0.1) is 5.92 Å². The molecule has 2 rings (SSSR count). The van der Waals surface area contributed by atoms with Crippen molar-refractivity contribution < 1.29 is 9.53 Å². The molecule has 1 aliphatic heterocycles. The minimum atomic E-state index is -0.0922. The van der Waals surface area contributed by atoms with Crippen LogP contribution in [0.2, 0.25) is 0 Å². The molecule has 0 aliphatic carbocycles. The van der Waals surface area contributed by atoms with Crippen LogP contribution >= 0.6 is 0 Å². The van der Waals surface area contributed by atoms with E-state index >= 15 is 0 Å². The summed E-state index contributed by atoms with van der Waals surface area (Å²) in [6, 6.07) is 10.3. The lowest BCUT2D eigenvalue weighted by molar-refractivity contribution is -0.148. The molecule has 1 aliphatic rings. The second-order valence-corrected chi connectivity index (χ2v) is 4.70. The molecular formula is C14H19NO2. The lowest BCUT2D eigenvalue weighted by Gasteiger charge is -2.35. The predicted octanol–water partition coefficient (Wildman–Crippen LogP) is 1.89. The number of likely N-dealkylation sites (tertiary alicyclic amines) is 1. The summed E-state index contributed by atoms with van der Waals surface area (Å²) in [6.45, 7) is 1.82. The monoisotopic (exact) mass is 233 g/mol. The topological polar surface area (TPSA) is 29.5 Å². The first-order valence-electron chi connectivity index (χ1n) is 6.03. The number of nitrogens with zero attached hydrogens (tertiary/aromatic N) is 1. The molecule has 0 radical (unpaired) electrons. The fourth-order valence-electron chi connectivity index (χ4n) is 2.60. The quantitative estimate of drug-likeness (QED) is 0.731. The van der Waals surface area contributed by atoms with Crippen LogP contribution < -0.4 is 0 Å². The fourth-order valence-corrected chi connectivity index (χ4v) is 2.60. The van der Waals surface area contributed by atoms with Crippen molar-refractivity contribution in [3.8, 4) is 0 Å². The van der Waals surface area contributed by atoms with Crippen molar-refractivity contribution in [2.75, 3.05) is 27.2 Å². The van der Waals surface area contributed by atoms with E-state index in [9.17, 15) is 4.79 Å². The van der Waals surface area contributed by atoms with Gasteiger partial charge in [0.25, 0.3) is 0 Å². The number of methoxy groups -OCH3 is 1. The lowest BCUT2D eigenvalue weighted by atomic mass is 9.80. The molecule has 2 atom stereocenters. The first kappa shape index (κ1) is 12.1. The summed E-state index contributed by atoms with van der Waals surface area (Å²) in [5.41, 5.74) is 1.25. The molecule has 3 nitrogen and oxygen atoms in total. The molecule has 0 bridgehead atoms. The number of piperidine rings is 1. The van der Waals surface area contributed by atoms with Gasteiger partial charge in [-0.1, -0.05) is 30.3 Å². The molecule has 0 aromatic heterocycles. The van der Waals surface area contributed by atoms with Crippen molar-refractivity contribution >= 4 is 5.97 Å². The molecule has 0 amide bonds. The zero-order valence-electron chi connectivity index (χ0n) is 10.4. The van der Waals surface area contributed by atoms with Gasteiger partial charge in [0.15, 0.2) is 0 Å². The van der Waals surface area contributed by atoms with Gasteiger partial charge in [-0.25, -0.2) is 0 Å². The zero-order chi connectivity index (χ0) is 12.3. The number of benzene rings is 1. The van der Waals surface area contributed by atoms with Gasteiger partial charge in [-0.2, -0.15) is 0 Å². The number of hydrogen-bond donors (Lipinski definition) is 0. The van der Waals surface area contributed by atoms with E-state index < -0.39 is 0 Å². The van der Waals surface area contributed by atoms with E-state index in [0.29, 0.717) is 5.92 Å². The second kappa shape index (κ2) is 5.32. The highest BCUT2D eigenvalue weighted by molar-refractivity contribution is 5.74. The Morgan fingerprint density at radius 2 is 2.06 bits per heavy atom. The van der Waals surface area contributed by atoms with Crippen LogP contribution in [0.4, 0.5) is 0 Å². The van der Waals surface area contributed by atoms with E-state index in [1.165, 1.54) is 12.7 Å². The van der Waals surface area contributed by atoms with Crippen molar-refractivity contribution in [3.63, 3.8) is 0 Å². The highest BCUT2D eigenvalue weighted by Crippen LogP contribution is 2.33. The molecule has 92 valence electrons. The maximum absolute atomic E-state index is 11.8. The molecule has 0 spiro atoms. The summed E-state index contributed by atoms with van der Waals surface area (Å²) in [6.07, 6.45) is 1.01. The Kier molecular flexibility index (Phi) is 3.79. The first-order valence-corrected chi connectivity index (χ1v) is 6.03. The molecule has 17 heavy (non-hydrogen) atoms. The molecule has 1 aromatic carbocycles. The van der Waals surface area contributed by atoms with Crippen LogP contribution in [0.3, 0.4) is 0 Å². The minimum Gasteiger partial charge on any atom is -0.469 e. The Morgan fingerprint density at radius 1 is 1.35 bits per heavy atom. The Balaban J connectivity index is 2.22. The molecular weight excluding hydrogens is 214 g/mol. The molecule has 0 N–H and O–H groups in total. The third-order valence-corrected chi connectivity index (χ3v) is 3.55. The number of carbonyl (C=O) groups is 1. The number of hydrogen-bond acceptors (Lipinski definition) is 3.